The van der Waals surface area contributed by atoms with E-state index in [-0.39, 0.29) is 24.1 Å². The van der Waals surface area contributed by atoms with Gasteiger partial charge < -0.3 is 9.84 Å². The molecule has 1 N–H and O–H groups in total. The third-order valence-electron chi connectivity index (χ3n) is 2.72. The third kappa shape index (κ3) is 10.5. The van der Waals surface area contributed by atoms with E-state index in [4.69, 9.17) is 33.0 Å². The van der Waals surface area contributed by atoms with Gasteiger partial charge in [-0.1, -0.05) is 30.1 Å². The van der Waals surface area contributed by atoms with Crippen molar-refractivity contribution in [2.45, 2.75) is 13.3 Å². The van der Waals surface area contributed by atoms with Crippen molar-refractivity contribution in [2.24, 2.45) is 0 Å². The lowest BCUT2D eigenvalue weighted by Gasteiger charge is -2.05. The third-order valence-corrected chi connectivity index (χ3v) is 3.35. The first-order chi connectivity index (χ1) is 12.9. The predicted molar refractivity (Wildman–Crippen MR) is 103 cm³/mol. The Hall–Kier alpha value is -2.18. The van der Waals surface area contributed by atoms with E-state index in [1.807, 2.05) is 0 Å². The van der Waals surface area contributed by atoms with Crippen molar-refractivity contribution >= 4 is 35.8 Å². The molecule has 0 saturated carbocycles. The molecule has 0 aliphatic carbocycles. The van der Waals surface area contributed by atoms with Gasteiger partial charge in [-0.2, -0.15) is 0 Å². The number of halogens is 4. The van der Waals surface area contributed by atoms with E-state index in [1.54, 1.807) is 19.1 Å². The van der Waals surface area contributed by atoms with Crippen molar-refractivity contribution in [2.75, 3.05) is 20.0 Å². The van der Waals surface area contributed by atoms with Crippen LogP contribution in [0, 0.1) is 0 Å². The molecule has 0 saturated heterocycles. The van der Waals surface area contributed by atoms with Gasteiger partial charge in [0.15, 0.2) is 0 Å². The van der Waals surface area contributed by atoms with Crippen LogP contribution in [0.5, 0.6) is 11.5 Å². The summed E-state index contributed by atoms with van der Waals surface area (Å²) in [7, 11) is 0. The van der Waals surface area contributed by atoms with Crippen LogP contribution in [-0.2, 0) is 0 Å². The summed E-state index contributed by atoms with van der Waals surface area (Å²) in [6.07, 6.45) is 1.98. The van der Waals surface area contributed by atoms with Gasteiger partial charge in [-0.15, -0.1) is 0 Å². The number of ether oxygens (including phenoxy) is 1. The van der Waals surface area contributed by atoms with Gasteiger partial charge in [-0.3, -0.25) is 14.0 Å². The van der Waals surface area contributed by atoms with Crippen LogP contribution in [0.3, 0.4) is 0 Å². The molecule has 0 unspecified atom stereocenters. The number of alkyl halides is 2. The molecule has 0 fully saturated rings. The van der Waals surface area contributed by atoms with Gasteiger partial charge in [0.1, 0.15) is 37.4 Å². The summed E-state index contributed by atoms with van der Waals surface area (Å²) < 4.78 is 27.4. The highest BCUT2D eigenvalue weighted by molar-refractivity contribution is 6.32. The molecule has 0 heterocycles. The molecule has 8 heteroatoms. The Bertz CT molecular complexity index is 710. The number of phenols is 1. The van der Waals surface area contributed by atoms with Crippen LogP contribution in [0.2, 0.25) is 10.0 Å². The number of aldehydes is 2. The Morgan fingerprint density at radius 3 is 1.93 bits per heavy atom. The van der Waals surface area contributed by atoms with Gasteiger partial charge >= 0.3 is 0 Å². The number of rotatable bonds is 6. The molecule has 0 amide bonds. The molecule has 0 aliphatic heterocycles. The van der Waals surface area contributed by atoms with E-state index in [9.17, 15) is 18.4 Å². The van der Waals surface area contributed by atoms with Crippen LogP contribution < -0.4 is 4.74 Å². The van der Waals surface area contributed by atoms with Crippen molar-refractivity contribution in [3.63, 3.8) is 0 Å². The minimum Gasteiger partial charge on any atom is -0.506 e. The molecule has 148 valence electrons. The molecule has 0 bridgehead atoms. The first-order valence-electron chi connectivity index (χ1n) is 7.86. The minimum atomic E-state index is -0.582. The minimum absolute atomic E-state index is 0.0535. The van der Waals surface area contributed by atoms with E-state index in [2.05, 4.69) is 0 Å². The molecule has 0 aliphatic rings. The number of hydrogen-bond acceptors (Lipinski definition) is 4. The molecule has 0 spiro atoms. The molecule has 0 atom stereocenters. The first kappa shape index (κ1) is 24.8. The zero-order valence-electron chi connectivity index (χ0n) is 14.6. The summed E-state index contributed by atoms with van der Waals surface area (Å²) in [6, 6.07) is 8.91. The van der Waals surface area contributed by atoms with E-state index < -0.39 is 6.67 Å². The Morgan fingerprint density at radius 1 is 0.963 bits per heavy atom. The van der Waals surface area contributed by atoms with Crippen molar-refractivity contribution in [3.8, 4) is 11.5 Å². The molecular weight excluding hydrogens is 401 g/mol. The van der Waals surface area contributed by atoms with Crippen LogP contribution in [0.15, 0.2) is 36.4 Å². The maximum absolute atomic E-state index is 11.8. The van der Waals surface area contributed by atoms with Crippen LogP contribution in [0.4, 0.5) is 8.78 Å². The molecule has 27 heavy (non-hydrogen) atoms. The average molecular weight is 421 g/mol. The molecule has 2 aromatic rings. The number of benzene rings is 2. The smallest absolute Gasteiger partial charge is 0.150 e. The summed E-state index contributed by atoms with van der Waals surface area (Å²) in [5.74, 6) is 0.273. The Kier molecular flexibility index (Phi) is 13.7. The van der Waals surface area contributed by atoms with Crippen molar-refractivity contribution in [3.05, 3.63) is 57.6 Å². The van der Waals surface area contributed by atoms with Crippen LogP contribution >= 0.6 is 23.2 Å². The highest BCUT2D eigenvalue weighted by Crippen LogP contribution is 2.25. The highest BCUT2D eigenvalue weighted by atomic mass is 35.5. The van der Waals surface area contributed by atoms with Crippen molar-refractivity contribution in [1.82, 2.24) is 0 Å². The summed E-state index contributed by atoms with van der Waals surface area (Å²) in [5, 5.41) is 9.57. The number of phenolic OH excluding ortho intramolecular Hbond substituents is 1. The average Bonchev–Trinajstić information content (AvgIpc) is 2.70. The fraction of sp³-hybridized carbons (Fsp3) is 0.263. The van der Waals surface area contributed by atoms with E-state index in [0.29, 0.717) is 40.9 Å². The molecule has 4 nitrogen and oxygen atoms in total. The van der Waals surface area contributed by atoms with Gasteiger partial charge in [-0.05, 0) is 42.8 Å². The maximum Gasteiger partial charge on any atom is 0.150 e. The van der Waals surface area contributed by atoms with Crippen LogP contribution in [-0.4, -0.2) is 37.6 Å². The van der Waals surface area contributed by atoms with Crippen LogP contribution in [0.1, 0.15) is 34.1 Å². The quantitative estimate of drug-likeness (QED) is 0.606. The summed E-state index contributed by atoms with van der Waals surface area (Å²) in [6.45, 7) is 0.990. The maximum atomic E-state index is 11.8. The topological polar surface area (TPSA) is 63.6 Å². The van der Waals surface area contributed by atoms with Gasteiger partial charge in [0.05, 0.1) is 16.7 Å². The fourth-order valence-corrected chi connectivity index (χ4v) is 1.75. The second-order valence-corrected chi connectivity index (χ2v) is 5.68. The zero-order chi connectivity index (χ0) is 20.7. The van der Waals surface area contributed by atoms with E-state index in [0.717, 1.165) is 0 Å². The number of carbonyl (C=O) groups excluding carboxylic acids is 2. The van der Waals surface area contributed by atoms with Gasteiger partial charge in [0, 0.05) is 11.1 Å². The summed E-state index contributed by atoms with van der Waals surface area (Å²) in [5.41, 5.74) is 0.875. The van der Waals surface area contributed by atoms with E-state index >= 15 is 0 Å². The second kappa shape index (κ2) is 14.9. The number of hydrogen-bond donors (Lipinski definition) is 1. The SMILES string of the molecule is CCCF.O=Cc1ccc(Cl)c(O)c1.O=Cc1ccc(Cl)c(OCCF)c1. The summed E-state index contributed by atoms with van der Waals surface area (Å²) >= 11 is 11.2. The molecular formula is C19H20Cl2F2O4. The van der Waals surface area contributed by atoms with Gasteiger partial charge in [-0.25, -0.2) is 4.39 Å². The number of aromatic hydroxyl groups is 1. The van der Waals surface area contributed by atoms with Crippen molar-refractivity contribution in [1.29, 1.82) is 0 Å². The lowest BCUT2D eigenvalue weighted by Crippen LogP contribution is -1.99. The zero-order valence-corrected chi connectivity index (χ0v) is 16.1. The van der Waals surface area contributed by atoms with Gasteiger partial charge in [0.2, 0.25) is 0 Å². The van der Waals surface area contributed by atoms with Gasteiger partial charge in [0.25, 0.3) is 0 Å². The lowest BCUT2D eigenvalue weighted by molar-refractivity contribution is 0.111. The highest BCUT2D eigenvalue weighted by Gasteiger charge is 2.02. The Labute approximate surface area is 166 Å². The normalized spacial score (nSPS) is 9.22. The lowest BCUT2D eigenvalue weighted by atomic mass is 10.2. The Balaban J connectivity index is 0.000000428. The molecule has 0 radical (unpaired) electrons. The standard InChI is InChI=1S/C9H8ClFO2.C7H5ClO2.C3H7F/c10-8-2-1-7(6-12)5-9(8)13-4-3-11;8-6-2-1-5(4-9)3-7(6)10;1-2-3-4/h1-2,5-6H,3-4H2;1-4,10H;2-3H2,1H3. The van der Waals surface area contributed by atoms with E-state index in [1.165, 1.54) is 24.3 Å². The predicted octanol–water partition coefficient (Wildman–Crippen LogP) is 5.72. The summed E-state index contributed by atoms with van der Waals surface area (Å²) in [4.78, 5) is 20.5. The second-order valence-electron chi connectivity index (χ2n) is 4.86. The fourth-order valence-electron chi connectivity index (χ4n) is 1.46. The monoisotopic (exact) mass is 420 g/mol. The van der Waals surface area contributed by atoms with Crippen molar-refractivity contribution < 1.29 is 28.2 Å². The molecule has 2 aromatic carbocycles. The molecule has 2 rings (SSSR count). The van der Waals surface area contributed by atoms with Crippen LogP contribution in [0.25, 0.3) is 0 Å². The first-order valence-corrected chi connectivity index (χ1v) is 8.62. The number of carbonyl (C=O) groups is 2. The molecule has 0 aromatic heterocycles. The largest absolute Gasteiger partial charge is 0.506 e. The Morgan fingerprint density at radius 2 is 1.48 bits per heavy atom.